The van der Waals surface area contributed by atoms with E-state index in [1.165, 1.54) is 32.3 Å². The van der Waals surface area contributed by atoms with Crippen molar-refractivity contribution < 1.29 is 5.11 Å². The fraction of sp³-hybridized carbons (Fsp3) is 0.200. The van der Waals surface area contributed by atoms with Crippen LogP contribution in [0.5, 0.6) is 0 Å². The molecule has 4 aromatic rings. The van der Waals surface area contributed by atoms with Gasteiger partial charge < -0.3 is 5.11 Å². The van der Waals surface area contributed by atoms with Crippen LogP contribution in [0.25, 0.3) is 32.3 Å². The van der Waals surface area contributed by atoms with Crippen molar-refractivity contribution >= 4 is 32.3 Å². The van der Waals surface area contributed by atoms with Gasteiger partial charge in [0.15, 0.2) is 0 Å². The molecule has 4 rings (SSSR count). The van der Waals surface area contributed by atoms with Crippen LogP contribution in [0.1, 0.15) is 31.4 Å². The Bertz CT molecular complexity index is 907. The lowest BCUT2D eigenvalue weighted by molar-refractivity contribution is 0.168. The van der Waals surface area contributed by atoms with Crippen LogP contribution in [0.4, 0.5) is 0 Å². The minimum Gasteiger partial charge on any atom is -0.388 e. The van der Waals surface area contributed by atoms with E-state index in [2.05, 4.69) is 61.5 Å². The summed E-state index contributed by atoms with van der Waals surface area (Å²) in [5.74, 6) is 0. The fourth-order valence-corrected chi connectivity index (χ4v) is 3.48. The zero-order chi connectivity index (χ0) is 14.4. The summed E-state index contributed by atoms with van der Waals surface area (Å²) in [7, 11) is 0. The van der Waals surface area contributed by atoms with E-state index < -0.39 is 0 Å². The summed E-state index contributed by atoms with van der Waals surface area (Å²) in [6.45, 7) is 2.11. The molecule has 0 saturated carbocycles. The maximum Gasteiger partial charge on any atom is 0.0796 e. The van der Waals surface area contributed by atoms with Crippen LogP contribution in [0.15, 0.2) is 54.6 Å². The lowest BCUT2D eigenvalue weighted by atomic mass is 9.90. The van der Waals surface area contributed by atoms with Gasteiger partial charge in [0.1, 0.15) is 0 Å². The van der Waals surface area contributed by atoms with Crippen LogP contribution >= 0.6 is 0 Å². The predicted octanol–water partition coefficient (Wildman–Crippen LogP) is 5.42. The Morgan fingerprint density at radius 3 is 2.14 bits per heavy atom. The van der Waals surface area contributed by atoms with Gasteiger partial charge in [0.25, 0.3) is 0 Å². The minimum absolute atomic E-state index is 0.375. The van der Waals surface area contributed by atoms with Gasteiger partial charge in [-0.2, -0.15) is 0 Å². The van der Waals surface area contributed by atoms with Gasteiger partial charge in [-0.1, -0.05) is 67.9 Å². The molecule has 0 aliphatic carbocycles. The number of aliphatic hydroxyl groups excluding tert-OH is 1. The van der Waals surface area contributed by atoms with Crippen LogP contribution in [-0.2, 0) is 0 Å². The van der Waals surface area contributed by atoms with Gasteiger partial charge in [-0.05, 0) is 44.3 Å². The molecule has 0 radical (unpaired) electrons. The van der Waals surface area contributed by atoms with Crippen molar-refractivity contribution in [2.45, 2.75) is 25.9 Å². The predicted molar refractivity (Wildman–Crippen MR) is 90.0 cm³/mol. The van der Waals surface area contributed by atoms with Crippen LogP contribution < -0.4 is 0 Å². The van der Waals surface area contributed by atoms with E-state index in [9.17, 15) is 5.11 Å². The monoisotopic (exact) mass is 274 g/mol. The highest BCUT2D eigenvalue weighted by atomic mass is 16.3. The summed E-state index contributed by atoms with van der Waals surface area (Å²) in [6.07, 6.45) is 1.42. The normalized spacial score (nSPS) is 13.4. The summed E-state index contributed by atoms with van der Waals surface area (Å²) >= 11 is 0. The van der Waals surface area contributed by atoms with Crippen LogP contribution in [0.3, 0.4) is 0 Å². The van der Waals surface area contributed by atoms with Gasteiger partial charge in [-0.3, -0.25) is 0 Å². The molecule has 0 bridgehead atoms. The first-order valence-corrected chi connectivity index (χ1v) is 7.64. The summed E-state index contributed by atoms with van der Waals surface area (Å²) in [5.41, 5.74) is 1.06. The van der Waals surface area contributed by atoms with Crippen LogP contribution in [-0.4, -0.2) is 5.11 Å². The Labute approximate surface area is 124 Å². The van der Waals surface area contributed by atoms with E-state index in [0.717, 1.165) is 18.4 Å². The fourth-order valence-electron chi connectivity index (χ4n) is 3.48. The Morgan fingerprint density at radius 1 is 0.810 bits per heavy atom. The second-order valence-electron chi connectivity index (χ2n) is 5.82. The summed E-state index contributed by atoms with van der Waals surface area (Å²) in [5, 5.41) is 18.0. The van der Waals surface area contributed by atoms with Crippen molar-refractivity contribution in [3.63, 3.8) is 0 Å². The van der Waals surface area contributed by atoms with Gasteiger partial charge in [-0.15, -0.1) is 0 Å². The average Bonchev–Trinajstić information content (AvgIpc) is 2.52. The van der Waals surface area contributed by atoms with E-state index >= 15 is 0 Å². The van der Waals surface area contributed by atoms with E-state index in [-0.39, 0.29) is 6.10 Å². The second kappa shape index (κ2) is 4.71. The van der Waals surface area contributed by atoms with Crippen molar-refractivity contribution in [1.82, 2.24) is 0 Å². The summed E-state index contributed by atoms with van der Waals surface area (Å²) in [6, 6.07) is 19.4. The molecule has 0 saturated heterocycles. The third-order valence-electron chi connectivity index (χ3n) is 4.48. The molecule has 1 heteroatoms. The van der Waals surface area contributed by atoms with Crippen molar-refractivity contribution in [3.8, 4) is 0 Å². The van der Waals surface area contributed by atoms with Crippen molar-refractivity contribution in [1.29, 1.82) is 0 Å². The zero-order valence-electron chi connectivity index (χ0n) is 12.1. The second-order valence-corrected chi connectivity index (χ2v) is 5.82. The topological polar surface area (TPSA) is 20.2 Å². The molecule has 0 aliphatic heterocycles. The average molecular weight is 274 g/mol. The van der Waals surface area contributed by atoms with Crippen LogP contribution in [0.2, 0.25) is 0 Å². The molecule has 0 aliphatic rings. The summed E-state index contributed by atoms with van der Waals surface area (Å²) in [4.78, 5) is 0. The highest BCUT2D eigenvalue weighted by Crippen LogP contribution is 2.38. The molecular weight excluding hydrogens is 256 g/mol. The Morgan fingerprint density at radius 2 is 1.43 bits per heavy atom. The van der Waals surface area contributed by atoms with Gasteiger partial charge in [0.2, 0.25) is 0 Å². The smallest absolute Gasteiger partial charge is 0.0796 e. The van der Waals surface area contributed by atoms with E-state index in [0.29, 0.717) is 0 Å². The third kappa shape index (κ3) is 1.81. The molecule has 0 fully saturated rings. The summed E-state index contributed by atoms with van der Waals surface area (Å²) < 4.78 is 0. The van der Waals surface area contributed by atoms with Gasteiger partial charge in [-0.25, -0.2) is 0 Å². The zero-order valence-corrected chi connectivity index (χ0v) is 12.1. The molecule has 4 aromatic carbocycles. The largest absolute Gasteiger partial charge is 0.388 e. The van der Waals surface area contributed by atoms with Crippen LogP contribution in [0, 0.1) is 0 Å². The number of hydrogen-bond donors (Lipinski definition) is 1. The standard InChI is InChI=1S/C20H18O/c1-2-4-18(21)16-11-9-15-8-7-13-5-3-6-14-10-12-17(16)20(15)19(13)14/h3,5-12,18,21H,2,4H2,1H3. The molecule has 0 heterocycles. The minimum atomic E-state index is -0.375. The van der Waals surface area contributed by atoms with E-state index in [4.69, 9.17) is 0 Å². The first-order chi connectivity index (χ1) is 10.3. The van der Waals surface area contributed by atoms with Crippen molar-refractivity contribution in [3.05, 3.63) is 60.2 Å². The molecule has 104 valence electrons. The third-order valence-corrected chi connectivity index (χ3v) is 4.48. The molecule has 1 nitrogen and oxygen atoms in total. The lowest BCUT2D eigenvalue weighted by Gasteiger charge is -2.17. The van der Waals surface area contributed by atoms with E-state index in [1.54, 1.807) is 0 Å². The molecule has 1 unspecified atom stereocenters. The molecule has 0 aromatic heterocycles. The number of hydrogen-bond acceptors (Lipinski definition) is 1. The Hall–Kier alpha value is -2.12. The molecule has 1 atom stereocenters. The van der Waals surface area contributed by atoms with Gasteiger partial charge >= 0.3 is 0 Å². The Kier molecular flexibility index (Phi) is 2.83. The van der Waals surface area contributed by atoms with Gasteiger partial charge in [0.05, 0.1) is 6.10 Å². The SMILES string of the molecule is CCCC(O)c1ccc2ccc3cccc4ccc1c2c34. The van der Waals surface area contributed by atoms with Crippen molar-refractivity contribution in [2.24, 2.45) is 0 Å². The maximum absolute atomic E-state index is 10.5. The molecule has 21 heavy (non-hydrogen) atoms. The first kappa shape index (κ1) is 12.6. The molecule has 1 N–H and O–H groups in total. The maximum atomic E-state index is 10.5. The highest BCUT2D eigenvalue weighted by molar-refractivity contribution is 6.23. The molecule has 0 amide bonds. The Balaban J connectivity index is 2.15. The number of aliphatic hydroxyl groups is 1. The lowest BCUT2D eigenvalue weighted by Crippen LogP contribution is -1.98. The molecular formula is C20H18O. The highest BCUT2D eigenvalue weighted by Gasteiger charge is 2.14. The van der Waals surface area contributed by atoms with E-state index in [1.807, 2.05) is 0 Å². The van der Waals surface area contributed by atoms with Gasteiger partial charge in [0, 0.05) is 0 Å². The number of rotatable bonds is 3. The number of benzene rings is 4. The van der Waals surface area contributed by atoms with Crippen molar-refractivity contribution in [2.75, 3.05) is 0 Å². The first-order valence-electron chi connectivity index (χ1n) is 7.64. The molecule has 0 spiro atoms. The quantitative estimate of drug-likeness (QED) is 0.495.